The van der Waals surface area contributed by atoms with Crippen molar-refractivity contribution in [3.63, 3.8) is 0 Å². The summed E-state index contributed by atoms with van der Waals surface area (Å²) in [6.45, 7) is 4.21. The van der Waals surface area contributed by atoms with Gasteiger partial charge in [-0.1, -0.05) is 19.1 Å². The van der Waals surface area contributed by atoms with Gasteiger partial charge in [0, 0.05) is 31.8 Å². The maximum absolute atomic E-state index is 5.44. The van der Waals surface area contributed by atoms with Gasteiger partial charge in [-0.15, -0.1) is 0 Å². The van der Waals surface area contributed by atoms with E-state index in [1.165, 1.54) is 0 Å². The second-order valence-electron chi connectivity index (χ2n) is 7.63. The number of methoxy groups -OCH3 is 1. The third-order valence-electron chi connectivity index (χ3n) is 5.38. The average molecular weight is 423 g/mol. The lowest BCUT2D eigenvalue weighted by Crippen LogP contribution is -2.47. The van der Waals surface area contributed by atoms with Gasteiger partial charge < -0.3 is 19.8 Å². The number of aliphatic imine (C=N–C) groups is 1. The number of benzene rings is 1. The van der Waals surface area contributed by atoms with Gasteiger partial charge in [-0.05, 0) is 36.2 Å². The fraction of sp³-hybridized carbons (Fsp3) is 0.435. The molecule has 0 bridgehead atoms. The highest BCUT2D eigenvalue weighted by Crippen LogP contribution is 2.14. The minimum Gasteiger partial charge on any atom is -0.497 e. The Labute approximate surface area is 182 Å². The molecule has 164 valence electrons. The van der Waals surface area contributed by atoms with E-state index in [1.54, 1.807) is 13.4 Å². The van der Waals surface area contributed by atoms with E-state index in [0.29, 0.717) is 6.54 Å². The number of fused-ring (bicyclic) bond motifs is 1. The number of ether oxygens (including phenoxy) is 1. The molecule has 1 aliphatic heterocycles. The molecule has 1 atom stereocenters. The molecule has 31 heavy (non-hydrogen) atoms. The summed E-state index contributed by atoms with van der Waals surface area (Å²) in [5.41, 5.74) is 1.13. The summed E-state index contributed by atoms with van der Waals surface area (Å²) >= 11 is 0. The van der Waals surface area contributed by atoms with Crippen LogP contribution in [0.2, 0.25) is 0 Å². The fourth-order valence-electron chi connectivity index (χ4n) is 3.63. The number of nitrogens with one attached hydrogen (secondary N) is 2. The lowest BCUT2D eigenvalue weighted by atomic mass is 10.1. The second-order valence-corrected chi connectivity index (χ2v) is 7.63. The van der Waals surface area contributed by atoms with Gasteiger partial charge in [0.25, 0.3) is 0 Å². The predicted octanol–water partition coefficient (Wildman–Crippen LogP) is 2.74. The molecule has 1 aromatic carbocycles. The number of rotatable bonds is 8. The zero-order valence-corrected chi connectivity index (χ0v) is 18.2. The van der Waals surface area contributed by atoms with Gasteiger partial charge in [0.2, 0.25) is 0 Å². The van der Waals surface area contributed by atoms with Crippen LogP contribution in [0.5, 0.6) is 5.75 Å². The van der Waals surface area contributed by atoms with Crippen molar-refractivity contribution >= 4 is 5.96 Å². The average Bonchev–Trinajstić information content (AvgIpc) is 3.47. The molecule has 2 aromatic heterocycles. The summed E-state index contributed by atoms with van der Waals surface area (Å²) in [7, 11) is 1.67. The second kappa shape index (κ2) is 10.1. The van der Waals surface area contributed by atoms with Crippen LogP contribution in [0.3, 0.4) is 0 Å². The zero-order valence-electron chi connectivity index (χ0n) is 18.2. The fourth-order valence-corrected chi connectivity index (χ4v) is 3.63. The van der Waals surface area contributed by atoms with Gasteiger partial charge in [-0.3, -0.25) is 0 Å². The van der Waals surface area contributed by atoms with Crippen LogP contribution in [0.4, 0.5) is 0 Å². The first-order valence-corrected chi connectivity index (χ1v) is 10.9. The molecule has 0 amide bonds. The zero-order chi connectivity index (χ0) is 21.5. The van der Waals surface area contributed by atoms with Crippen molar-refractivity contribution in [1.29, 1.82) is 0 Å². The first-order chi connectivity index (χ1) is 15.2. The van der Waals surface area contributed by atoms with E-state index in [4.69, 9.17) is 14.1 Å². The molecular weight excluding hydrogens is 392 g/mol. The Bertz CT molecular complexity index is 978. The maximum atomic E-state index is 5.44. The van der Waals surface area contributed by atoms with E-state index in [9.17, 15) is 0 Å². The van der Waals surface area contributed by atoms with Gasteiger partial charge in [-0.2, -0.15) is 5.10 Å². The van der Waals surface area contributed by atoms with Crippen LogP contribution in [-0.2, 0) is 32.4 Å². The lowest BCUT2D eigenvalue weighted by Gasteiger charge is -2.25. The molecule has 0 radical (unpaired) electrons. The molecule has 0 fully saturated rings. The van der Waals surface area contributed by atoms with Gasteiger partial charge in [-0.25, -0.2) is 14.7 Å². The number of hydrogen-bond donors (Lipinski definition) is 2. The van der Waals surface area contributed by atoms with E-state index in [-0.39, 0.29) is 6.04 Å². The van der Waals surface area contributed by atoms with Crippen LogP contribution in [-0.4, -0.2) is 40.4 Å². The summed E-state index contributed by atoms with van der Waals surface area (Å²) in [4.78, 5) is 9.43. The number of aromatic nitrogens is 3. The molecular formula is C23H30N6O2. The van der Waals surface area contributed by atoms with Crippen molar-refractivity contribution in [3.8, 4) is 5.75 Å². The monoisotopic (exact) mass is 422 g/mol. The SMILES string of the molecule is CCc1nc2n(n1)CC(NC(=NCc1ccc(OC)cc1)NCCc1ccco1)CC2. The largest absolute Gasteiger partial charge is 0.497 e. The summed E-state index contributed by atoms with van der Waals surface area (Å²) in [5.74, 6) is 4.60. The first kappa shape index (κ1) is 21.0. The lowest BCUT2D eigenvalue weighted by molar-refractivity contribution is 0.391. The summed E-state index contributed by atoms with van der Waals surface area (Å²) in [6.07, 6.45) is 5.29. The molecule has 4 rings (SSSR count). The minimum absolute atomic E-state index is 0.254. The maximum Gasteiger partial charge on any atom is 0.191 e. The van der Waals surface area contributed by atoms with Crippen molar-refractivity contribution in [2.24, 2.45) is 4.99 Å². The van der Waals surface area contributed by atoms with E-state index < -0.39 is 0 Å². The van der Waals surface area contributed by atoms with Crippen molar-refractivity contribution in [2.75, 3.05) is 13.7 Å². The topological polar surface area (TPSA) is 89.5 Å². The Hall–Kier alpha value is -3.29. The van der Waals surface area contributed by atoms with Crippen molar-refractivity contribution < 1.29 is 9.15 Å². The number of aryl methyl sites for hydroxylation is 2. The van der Waals surface area contributed by atoms with Crippen molar-refractivity contribution in [3.05, 3.63) is 65.6 Å². The first-order valence-electron chi connectivity index (χ1n) is 10.9. The predicted molar refractivity (Wildman–Crippen MR) is 119 cm³/mol. The Morgan fingerprint density at radius 1 is 1.29 bits per heavy atom. The van der Waals surface area contributed by atoms with Crippen LogP contribution in [0.25, 0.3) is 0 Å². The third kappa shape index (κ3) is 5.65. The molecule has 0 spiro atoms. The summed E-state index contributed by atoms with van der Waals surface area (Å²) in [5, 5.41) is 11.7. The van der Waals surface area contributed by atoms with E-state index >= 15 is 0 Å². The van der Waals surface area contributed by atoms with E-state index in [1.807, 2.05) is 41.1 Å². The number of hydrogen-bond acceptors (Lipinski definition) is 5. The van der Waals surface area contributed by atoms with Crippen LogP contribution < -0.4 is 15.4 Å². The summed E-state index contributed by atoms with van der Waals surface area (Å²) < 4.78 is 12.7. The van der Waals surface area contributed by atoms with Gasteiger partial charge in [0.15, 0.2) is 11.8 Å². The van der Waals surface area contributed by atoms with Crippen LogP contribution in [0, 0.1) is 0 Å². The molecule has 0 saturated heterocycles. The Morgan fingerprint density at radius 3 is 2.90 bits per heavy atom. The van der Waals surface area contributed by atoms with Crippen molar-refractivity contribution in [2.45, 2.75) is 51.7 Å². The Balaban J connectivity index is 1.40. The van der Waals surface area contributed by atoms with Gasteiger partial charge >= 0.3 is 0 Å². The normalized spacial score (nSPS) is 16.1. The Kier molecular flexibility index (Phi) is 6.86. The highest BCUT2D eigenvalue weighted by Gasteiger charge is 2.22. The highest BCUT2D eigenvalue weighted by molar-refractivity contribution is 5.80. The summed E-state index contributed by atoms with van der Waals surface area (Å²) in [6, 6.07) is 12.2. The van der Waals surface area contributed by atoms with E-state index in [0.717, 1.165) is 73.5 Å². The number of furan rings is 1. The molecule has 8 heteroatoms. The molecule has 8 nitrogen and oxygen atoms in total. The molecule has 2 N–H and O–H groups in total. The van der Waals surface area contributed by atoms with Gasteiger partial charge in [0.1, 0.15) is 17.3 Å². The van der Waals surface area contributed by atoms with Crippen LogP contribution in [0.1, 0.15) is 36.3 Å². The quantitative estimate of drug-likeness (QED) is 0.429. The number of nitrogens with zero attached hydrogens (tertiary/aromatic N) is 4. The molecule has 3 aromatic rings. The molecule has 3 heterocycles. The molecule has 1 aliphatic rings. The Morgan fingerprint density at radius 2 is 2.16 bits per heavy atom. The van der Waals surface area contributed by atoms with Gasteiger partial charge in [0.05, 0.1) is 26.5 Å². The molecule has 1 unspecified atom stereocenters. The minimum atomic E-state index is 0.254. The molecule has 0 saturated carbocycles. The van der Waals surface area contributed by atoms with Crippen LogP contribution >= 0.6 is 0 Å². The third-order valence-corrected chi connectivity index (χ3v) is 5.38. The number of guanidine groups is 1. The highest BCUT2D eigenvalue weighted by atomic mass is 16.5. The smallest absolute Gasteiger partial charge is 0.191 e. The standard InChI is InChI=1S/C23H30N6O2/c1-3-21-27-22-11-8-18(16-29(22)28-21)26-23(24-13-12-20-5-4-14-31-20)25-15-17-6-9-19(30-2)10-7-17/h4-7,9-10,14,18H,3,8,11-13,15-16H2,1-2H3,(H2,24,25,26). The van der Waals surface area contributed by atoms with Crippen LogP contribution in [0.15, 0.2) is 52.1 Å². The molecule has 0 aliphatic carbocycles. The van der Waals surface area contributed by atoms with E-state index in [2.05, 4.69) is 27.6 Å². The van der Waals surface area contributed by atoms with Crippen molar-refractivity contribution in [1.82, 2.24) is 25.4 Å².